The first-order valence-corrected chi connectivity index (χ1v) is 8.23. The van der Waals surface area contributed by atoms with Crippen molar-refractivity contribution in [3.63, 3.8) is 0 Å². The lowest BCUT2D eigenvalue weighted by Gasteiger charge is -2.10. The van der Waals surface area contributed by atoms with Gasteiger partial charge < -0.3 is 0 Å². The molecule has 2 aromatic carbocycles. The minimum absolute atomic E-state index is 0.00733. The molecule has 0 spiro atoms. The molecular weight excluding hydrogens is 364 g/mol. The first-order valence-electron chi connectivity index (χ1n) is 5.17. The van der Waals surface area contributed by atoms with Gasteiger partial charge >= 0.3 is 0 Å². The van der Waals surface area contributed by atoms with Crippen LogP contribution in [-0.4, -0.2) is 8.42 Å². The van der Waals surface area contributed by atoms with Crippen molar-refractivity contribution < 1.29 is 8.42 Å². The number of rotatable bonds is 2. The summed E-state index contributed by atoms with van der Waals surface area (Å²) in [6.45, 7) is 0. The highest BCUT2D eigenvalue weighted by Crippen LogP contribution is 2.38. The van der Waals surface area contributed by atoms with Gasteiger partial charge in [0.2, 0.25) is 10.0 Å². The summed E-state index contributed by atoms with van der Waals surface area (Å²) < 4.78 is 22.6. The lowest BCUT2D eigenvalue weighted by atomic mass is 10.1. The molecule has 0 aliphatic heterocycles. The third-order valence-corrected chi connectivity index (χ3v) is 4.74. The van der Waals surface area contributed by atoms with Gasteiger partial charge in [-0.2, -0.15) is 0 Å². The van der Waals surface area contributed by atoms with Crippen LogP contribution in [0.25, 0.3) is 11.1 Å². The summed E-state index contributed by atoms with van der Waals surface area (Å²) in [5, 5.41) is 6.11. The number of benzene rings is 2. The van der Waals surface area contributed by atoms with Crippen LogP contribution < -0.4 is 5.14 Å². The van der Waals surface area contributed by atoms with E-state index < -0.39 is 10.0 Å². The molecule has 0 unspecified atom stereocenters. The lowest BCUT2D eigenvalue weighted by Crippen LogP contribution is -2.12. The van der Waals surface area contributed by atoms with Crippen molar-refractivity contribution in [3.8, 4) is 11.1 Å². The van der Waals surface area contributed by atoms with Crippen LogP contribution in [0.4, 0.5) is 0 Å². The Morgan fingerprint density at radius 1 is 0.850 bits per heavy atom. The second-order valence-electron chi connectivity index (χ2n) is 3.93. The number of halogens is 4. The monoisotopic (exact) mass is 369 g/mol. The molecular formula is C12H7Cl4NO2S. The van der Waals surface area contributed by atoms with E-state index in [-0.39, 0.29) is 9.92 Å². The summed E-state index contributed by atoms with van der Waals surface area (Å²) >= 11 is 24.0. The Labute approximate surface area is 136 Å². The van der Waals surface area contributed by atoms with Crippen LogP contribution in [-0.2, 0) is 10.0 Å². The molecule has 0 bridgehead atoms. The van der Waals surface area contributed by atoms with E-state index >= 15 is 0 Å². The zero-order chi connectivity index (χ0) is 15.1. The van der Waals surface area contributed by atoms with Gasteiger partial charge in [-0.15, -0.1) is 0 Å². The van der Waals surface area contributed by atoms with E-state index in [1.165, 1.54) is 30.3 Å². The summed E-state index contributed by atoms with van der Waals surface area (Å²) in [7, 11) is -3.88. The van der Waals surface area contributed by atoms with Crippen LogP contribution >= 0.6 is 46.4 Å². The fourth-order valence-corrected chi connectivity index (χ4v) is 3.83. The van der Waals surface area contributed by atoms with Crippen LogP contribution in [0.5, 0.6) is 0 Å². The Hall–Kier alpha value is -0.490. The molecule has 2 rings (SSSR count). The highest BCUT2D eigenvalue weighted by molar-refractivity contribution is 7.89. The van der Waals surface area contributed by atoms with E-state index in [9.17, 15) is 8.42 Å². The molecule has 3 nitrogen and oxygen atoms in total. The van der Waals surface area contributed by atoms with Gasteiger partial charge in [0.1, 0.15) is 4.90 Å². The van der Waals surface area contributed by atoms with Crippen LogP contribution in [0, 0.1) is 0 Å². The molecule has 0 amide bonds. The van der Waals surface area contributed by atoms with Gasteiger partial charge in [-0.3, -0.25) is 0 Å². The molecule has 8 heteroatoms. The van der Waals surface area contributed by atoms with Crippen molar-refractivity contribution in [2.75, 3.05) is 0 Å². The maximum Gasteiger partial charge on any atom is 0.239 e. The van der Waals surface area contributed by atoms with Crippen LogP contribution in [0.2, 0.25) is 20.1 Å². The number of hydrogen-bond donors (Lipinski definition) is 1. The van der Waals surface area contributed by atoms with Crippen LogP contribution in [0.1, 0.15) is 0 Å². The molecule has 106 valence electrons. The minimum Gasteiger partial charge on any atom is -0.225 e. The number of hydrogen-bond acceptors (Lipinski definition) is 2. The molecule has 0 heterocycles. The Morgan fingerprint density at radius 3 is 1.85 bits per heavy atom. The Morgan fingerprint density at radius 2 is 1.40 bits per heavy atom. The largest absolute Gasteiger partial charge is 0.239 e. The minimum atomic E-state index is -3.88. The molecule has 0 saturated carbocycles. The smallest absolute Gasteiger partial charge is 0.225 e. The van der Waals surface area contributed by atoms with Crippen molar-refractivity contribution in [2.45, 2.75) is 4.90 Å². The molecule has 0 aliphatic carbocycles. The first-order chi connectivity index (χ1) is 9.20. The van der Waals surface area contributed by atoms with E-state index in [4.69, 9.17) is 51.5 Å². The zero-order valence-corrected chi connectivity index (χ0v) is 13.5. The van der Waals surface area contributed by atoms with Gasteiger partial charge in [0.15, 0.2) is 0 Å². The third-order valence-electron chi connectivity index (χ3n) is 2.53. The fraction of sp³-hybridized carbons (Fsp3) is 0. The van der Waals surface area contributed by atoms with E-state index in [2.05, 4.69) is 0 Å². The highest BCUT2D eigenvalue weighted by Gasteiger charge is 2.16. The molecule has 0 radical (unpaired) electrons. The molecule has 0 aromatic heterocycles. The predicted molar refractivity (Wildman–Crippen MR) is 83.3 cm³/mol. The van der Waals surface area contributed by atoms with E-state index in [1.54, 1.807) is 0 Å². The van der Waals surface area contributed by atoms with Crippen molar-refractivity contribution in [1.29, 1.82) is 0 Å². The number of nitrogens with two attached hydrogens (primary N) is 1. The van der Waals surface area contributed by atoms with E-state index in [0.717, 1.165) is 0 Å². The molecule has 20 heavy (non-hydrogen) atoms. The Bertz CT molecular complexity index is 767. The second kappa shape index (κ2) is 5.72. The van der Waals surface area contributed by atoms with Gasteiger partial charge in [-0.25, -0.2) is 13.6 Å². The summed E-state index contributed by atoms with van der Waals surface area (Å²) in [6.07, 6.45) is 0. The SMILES string of the molecule is NS(=O)(=O)c1ccc(-c2c(Cl)cc(Cl)cc2Cl)cc1Cl. The average molecular weight is 371 g/mol. The van der Waals surface area contributed by atoms with Crippen LogP contribution in [0.3, 0.4) is 0 Å². The van der Waals surface area contributed by atoms with E-state index in [1.807, 2.05) is 0 Å². The molecule has 0 atom stereocenters. The van der Waals surface area contributed by atoms with Crippen molar-refractivity contribution >= 4 is 56.4 Å². The maximum absolute atomic E-state index is 11.3. The lowest BCUT2D eigenvalue weighted by molar-refractivity contribution is 0.598. The van der Waals surface area contributed by atoms with Gasteiger partial charge in [-0.05, 0) is 29.8 Å². The summed E-state index contributed by atoms with van der Waals surface area (Å²) in [6, 6.07) is 7.32. The topological polar surface area (TPSA) is 60.2 Å². The molecule has 0 saturated heterocycles. The molecule has 2 aromatic rings. The van der Waals surface area contributed by atoms with Crippen molar-refractivity contribution in [2.24, 2.45) is 5.14 Å². The van der Waals surface area contributed by atoms with Gasteiger partial charge in [0.05, 0.1) is 15.1 Å². The molecule has 2 N–H and O–H groups in total. The molecule has 0 aliphatic rings. The normalized spacial score (nSPS) is 11.7. The third kappa shape index (κ3) is 3.22. The number of sulfonamides is 1. The predicted octanol–water partition coefficient (Wildman–Crippen LogP) is 4.61. The highest BCUT2D eigenvalue weighted by atomic mass is 35.5. The van der Waals surface area contributed by atoms with Gasteiger partial charge in [-0.1, -0.05) is 52.5 Å². The summed E-state index contributed by atoms with van der Waals surface area (Å²) in [4.78, 5) is -0.163. The standard InChI is InChI=1S/C12H7Cl4NO2S/c13-7-4-9(15)12(10(16)5-7)6-1-2-11(8(14)3-6)20(17,18)19/h1-5H,(H2,17,18,19). The van der Waals surface area contributed by atoms with E-state index in [0.29, 0.717) is 26.2 Å². The average Bonchev–Trinajstić information content (AvgIpc) is 2.25. The zero-order valence-electron chi connectivity index (χ0n) is 9.70. The Balaban J connectivity index is 2.65. The second-order valence-corrected chi connectivity index (χ2v) is 7.12. The van der Waals surface area contributed by atoms with Gasteiger partial charge in [0, 0.05) is 10.6 Å². The number of primary sulfonamides is 1. The quantitative estimate of drug-likeness (QED) is 0.838. The fourth-order valence-electron chi connectivity index (χ4n) is 1.71. The summed E-state index contributed by atoms with van der Waals surface area (Å²) in [5.41, 5.74) is 1.08. The Kier molecular flexibility index (Phi) is 4.54. The maximum atomic E-state index is 11.3. The van der Waals surface area contributed by atoms with Crippen molar-refractivity contribution in [1.82, 2.24) is 0 Å². The first kappa shape index (κ1) is 15.9. The van der Waals surface area contributed by atoms with Crippen molar-refractivity contribution in [3.05, 3.63) is 50.4 Å². The summed E-state index contributed by atoms with van der Waals surface area (Å²) in [5.74, 6) is 0. The van der Waals surface area contributed by atoms with Crippen LogP contribution in [0.15, 0.2) is 35.2 Å². The molecule has 0 fully saturated rings. The van der Waals surface area contributed by atoms with Gasteiger partial charge in [0.25, 0.3) is 0 Å².